The summed E-state index contributed by atoms with van der Waals surface area (Å²) in [5.41, 5.74) is -0.637. The van der Waals surface area contributed by atoms with E-state index >= 15 is 0 Å². The van der Waals surface area contributed by atoms with E-state index in [-0.39, 0.29) is 5.92 Å². The van der Waals surface area contributed by atoms with Gasteiger partial charge < -0.3 is 5.11 Å². The minimum absolute atomic E-state index is 0.263. The standard InChI is InChI=1S/C11H20O/c1-9(2)7-6-8-11(5,12)10(3)4/h9-10,12H,8H2,1-5H3. The third-order valence-corrected chi connectivity index (χ3v) is 2.08. The lowest BCUT2D eigenvalue weighted by atomic mass is 9.89. The van der Waals surface area contributed by atoms with Gasteiger partial charge in [-0.1, -0.05) is 27.7 Å². The summed E-state index contributed by atoms with van der Waals surface area (Å²) in [4.78, 5) is 0. The van der Waals surface area contributed by atoms with Crippen LogP contribution in [0.5, 0.6) is 0 Å². The van der Waals surface area contributed by atoms with Crippen molar-refractivity contribution in [3.05, 3.63) is 0 Å². The average molecular weight is 168 g/mol. The molecule has 0 radical (unpaired) electrons. The summed E-state index contributed by atoms with van der Waals surface area (Å²) >= 11 is 0. The predicted octanol–water partition coefficient (Wildman–Crippen LogP) is 2.44. The molecule has 0 aliphatic rings. The Hall–Kier alpha value is -0.480. The average Bonchev–Trinajstić information content (AvgIpc) is 1.85. The van der Waals surface area contributed by atoms with Gasteiger partial charge in [0.25, 0.3) is 0 Å². The van der Waals surface area contributed by atoms with Crippen molar-refractivity contribution in [3.8, 4) is 11.8 Å². The van der Waals surface area contributed by atoms with Gasteiger partial charge in [0.15, 0.2) is 0 Å². The zero-order chi connectivity index (χ0) is 9.78. The molecule has 12 heavy (non-hydrogen) atoms. The minimum atomic E-state index is -0.637. The van der Waals surface area contributed by atoms with E-state index in [1.165, 1.54) is 0 Å². The van der Waals surface area contributed by atoms with Gasteiger partial charge in [-0.05, 0) is 12.8 Å². The molecule has 1 N–H and O–H groups in total. The molecule has 0 amide bonds. The van der Waals surface area contributed by atoms with Crippen molar-refractivity contribution in [2.45, 2.75) is 46.6 Å². The van der Waals surface area contributed by atoms with Gasteiger partial charge in [0, 0.05) is 12.3 Å². The van der Waals surface area contributed by atoms with E-state index in [1.54, 1.807) is 0 Å². The molecule has 0 spiro atoms. The summed E-state index contributed by atoms with van der Waals surface area (Å²) in [7, 11) is 0. The van der Waals surface area contributed by atoms with Crippen molar-refractivity contribution in [2.24, 2.45) is 11.8 Å². The molecule has 0 aliphatic heterocycles. The SMILES string of the molecule is CC(C)C#CCC(C)(O)C(C)C. The molecular weight excluding hydrogens is 148 g/mol. The van der Waals surface area contributed by atoms with Crippen molar-refractivity contribution in [2.75, 3.05) is 0 Å². The van der Waals surface area contributed by atoms with E-state index < -0.39 is 5.60 Å². The third-order valence-electron chi connectivity index (χ3n) is 2.08. The summed E-state index contributed by atoms with van der Waals surface area (Å²) in [6.45, 7) is 9.97. The quantitative estimate of drug-likeness (QED) is 0.628. The molecule has 0 aromatic rings. The lowest BCUT2D eigenvalue weighted by Crippen LogP contribution is -2.30. The first-order chi connectivity index (χ1) is 5.36. The predicted molar refractivity (Wildman–Crippen MR) is 52.7 cm³/mol. The van der Waals surface area contributed by atoms with Crippen molar-refractivity contribution in [1.29, 1.82) is 0 Å². The van der Waals surface area contributed by atoms with Crippen molar-refractivity contribution in [3.63, 3.8) is 0 Å². The molecule has 0 aliphatic carbocycles. The van der Waals surface area contributed by atoms with E-state index in [0.717, 1.165) is 0 Å². The van der Waals surface area contributed by atoms with E-state index in [0.29, 0.717) is 12.3 Å². The molecular formula is C11H20O. The Morgan fingerprint density at radius 3 is 2.08 bits per heavy atom. The first-order valence-electron chi connectivity index (χ1n) is 4.57. The maximum absolute atomic E-state index is 9.80. The highest BCUT2D eigenvalue weighted by molar-refractivity contribution is 5.05. The van der Waals surface area contributed by atoms with E-state index in [1.807, 2.05) is 20.8 Å². The molecule has 0 saturated carbocycles. The van der Waals surface area contributed by atoms with Crippen LogP contribution >= 0.6 is 0 Å². The van der Waals surface area contributed by atoms with Gasteiger partial charge in [0.05, 0.1) is 5.60 Å². The van der Waals surface area contributed by atoms with E-state index in [9.17, 15) is 5.11 Å². The van der Waals surface area contributed by atoms with Crippen LogP contribution in [0.1, 0.15) is 41.0 Å². The van der Waals surface area contributed by atoms with Gasteiger partial charge in [-0.2, -0.15) is 0 Å². The number of hydrogen-bond donors (Lipinski definition) is 1. The molecule has 1 heteroatoms. The largest absolute Gasteiger partial charge is 0.389 e. The highest BCUT2D eigenvalue weighted by Gasteiger charge is 2.23. The molecule has 0 heterocycles. The summed E-state index contributed by atoms with van der Waals surface area (Å²) in [5, 5.41) is 9.80. The molecule has 0 saturated heterocycles. The van der Waals surface area contributed by atoms with Crippen LogP contribution in [0.3, 0.4) is 0 Å². The Bertz CT molecular complexity index is 179. The second kappa shape index (κ2) is 4.52. The minimum Gasteiger partial charge on any atom is -0.389 e. The molecule has 0 bridgehead atoms. The monoisotopic (exact) mass is 168 g/mol. The van der Waals surface area contributed by atoms with Crippen LogP contribution < -0.4 is 0 Å². The summed E-state index contributed by atoms with van der Waals surface area (Å²) in [5.74, 6) is 6.71. The Morgan fingerprint density at radius 2 is 1.75 bits per heavy atom. The maximum Gasteiger partial charge on any atom is 0.0751 e. The van der Waals surface area contributed by atoms with E-state index in [2.05, 4.69) is 25.7 Å². The number of aliphatic hydroxyl groups is 1. The van der Waals surface area contributed by atoms with Gasteiger partial charge in [-0.25, -0.2) is 0 Å². The Kier molecular flexibility index (Phi) is 4.34. The highest BCUT2D eigenvalue weighted by atomic mass is 16.3. The first kappa shape index (κ1) is 11.5. The fraction of sp³-hybridized carbons (Fsp3) is 0.818. The Balaban J connectivity index is 4.02. The third kappa shape index (κ3) is 4.41. The van der Waals surface area contributed by atoms with Crippen LogP contribution in [0.4, 0.5) is 0 Å². The van der Waals surface area contributed by atoms with Gasteiger partial charge in [0.1, 0.15) is 0 Å². The second-order valence-corrected chi connectivity index (χ2v) is 4.16. The summed E-state index contributed by atoms with van der Waals surface area (Å²) in [6, 6.07) is 0. The topological polar surface area (TPSA) is 20.2 Å². The van der Waals surface area contributed by atoms with Gasteiger partial charge in [-0.3, -0.25) is 0 Å². The smallest absolute Gasteiger partial charge is 0.0751 e. The van der Waals surface area contributed by atoms with Crippen LogP contribution in [0.25, 0.3) is 0 Å². The Morgan fingerprint density at radius 1 is 1.25 bits per heavy atom. The van der Waals surface area contributed by atoms with Crippen molar-refractivity contribution >= 4 is 0 Å². The zero-order valence-corrected chi connectivity index (χ0v) is 8.81. The van der Waals surface area contributed by atoms with Crippen LogP contribution in [0, 0.1) is 23.7 Å². The lowest BCUT2D eigenvalue weighted by molar-refractivity contribution is 0.0186. The molecule has 70 valence electrons. The van der Waals surface area contributed by atoms with Gasteiger partial charge in [-0.15, -0.1) is 11.8 Å². The number of hydrogen-bond acceptors (Lipinski definition) is 1. The lowest BCUT2D eigenvalue weighted by Gasteiger charge is -2.24. The number of rotatable bonds is 2. The van der Waals surface area contributed by atoms with Crippen LogP contribution in [0.2, 0.25) is 0 Å². The fourth-order valence-corrected chi connectivity index (χ4v) is 0.638. The highest BCUT2D eigenvalue weighted by Crippen LogP contribution is 2.19. The van der Waals surface area contributed by atoms with E-state index in [4.69, 9.17) is 0 Å². The van der Waals surface area contributed by atoms with Gasteiger partial charge in [0.2, 0.25) is 0 Å². The molecule has 1 atom stereocenters. The van der Waals surface area contributed by atoms with Gasteiger partial charge >= 0.3 is 0 Å². The fourth-order valence-electron chi connectivity index (χ4n) is 0.638. The molecule has 0 rings (SSSR count). The van der Waals surface area contributed by atoms with Crippen LogP contribution in [0.15, 0.2) is 0 Å². The first-order valence-corrected chi connectivity index (χ1v) is 4.57. The van der Waals surface area contributed by atoms with Crippen LogP contribution in [-0.2, 0) is 0 Å². The molecule has 1 unspecified atom stereocenters. The zero-order valence-electron chi connectivity index (χ0n) is 8.81. The van der Waals surface area contributed by atoms with Crippen molar-refractivity contribution in [1.82, 2.24) is 0 Å². The molecule has 0 aromatic carbocycles. The van der Waals surface area contributed by atoms with Crippen LogP contribution in [-0.4, -0.2) is 10.7 Å². The second-order valence-electron chi connectivity index (χ2n) is 4.16. The molecule has 0 aromatic heterocycles. The molecule has 0 fully saturated rings. The summed E-state index contributed by atoms with van der Waals surface area (Å²) < 4.78 is 0. The molecule has 1 nitrogen and oxygen atoms in total. The summed E-state index contributed by atoms with van der Waals surface area (Å²) in [6.07, 6.45) is 0.572. The maximum atomic E-state index is 9.80. The van der Waals surface area contributed by atoms with Crippen molar-refractivity contribution < 1.29 is 5.11 Å². The normalized spacial score (nSPS) is 15.7. The Labute approximate surface area is 76.2 Å².